The van der Waals surface area contributed by atoms with Crippen molar-refractivity contribution in [2.45, 2.75) is 19.4 Å². The lowest BCUT2D eigenvalue weighted by Crippen LogP contribution is -2.18. The molecule has 1 aliphatic heterocycles. The number of esters is 2. The predicted molar refractivity (Wildman–Crippen MR) is 96.3 cm³/mol. The Morgan fingerprint density at radius 3 is 2.58 bits per heavy atom. The van der Waals surface area contributed by atoms with Gasteiger partial charge in [0.25, 0.3) is 0 Å². The van der Waals surface area contributed by atoms with E-state index in [9.17, 15) is 9.59 Å². The van der Waals surface area contributed by atoms with Crippen LogP contribution in [0.25, 0.3) is 6.08 Å². The highest BCUT2D eigenvalue weighted by Gasteiger charge is 2.22. The zero-order valence-electron chi connectivity index (χ0n) is 14.9. The average molecular weight is 360 g/mol. The molecule has 0 amide bonds. The van der Waals surface area contributed by atoms with Gasteiger partial charge in [0.1, 0.15) is 11.7 Å². The first-order chi connectivity index (χ1) is 12.7. The quantitative estimate of drug-likeness (QED) is 0.115. The summed E-state index contributed by atoms with van der Waals surface area (Å²) in [4.78, 5) is 24.3. The normalized spacial score (nSPS) is 16.5. The van der Waals surface area contributed by atoms with Crippen LogP contribution in [-0.4, -0.2) is 51.1 Å². The molecule has 1 aromatic rings. The van der Waals surface area contributed by atoms with Crippen molar-refractivity contribution >= 4 is 18.0 Å². The van der Waals surface area contributed by atoms with Crippen molar-refractivity contribution in [1.82, 2.24) is 0 Å². The molecule has 1 aromatic carbocycles. The van der Waals surface area contributed by atoms with Gasteiger partial charge in [0.2, 0.25) is 0 Å². The van der Waals surface area contributed by atoms with Gasteiger partial charge in [0, 0.05) is 0 Å². The van der Waals surface area contributed by atoms with Gasteiger partial charge in [-0.25, -0.2) is 9.59 Å². The fourth-order valence-electron chi connectivity index (χ4n) is 2.04. The van der Waals surface area contributed by atoms with Crippen LogP contribution in [0.5, 0.6) is 0 Å². The van der Waals surface area contributed by atoms with E-state index in [4.69, 9.17) is 18.9 Å². The molecule has 0 aromatic heterocycles. The van der Waals surface area contributed by atoms with E-state index in [-0.39, 0.29) is 24.9 Å². The summed E-state index contributed by atoms with van der Waals surface area (Å²) in [5.41, 5.74) is 0.610. The zero-order valence-corrected chi connectivity index (χ0v) is 14.9. The predicted octanol–water partition coefficient (Wildman–Crippen LogP) is 2.54. The van der Waals surface area contributed by atoms with Crippen LogP contribution in [-0.2, 0) is 28.5 Å². The maximum absolute atomic E-state index is 12.2. The van der Waals surface area contributed by atoms with Gasteiger partial charge in [0.15, 0.2) is 0 Å². The first-order valence-electron chi connectivity index (χ1n) is 8.66. The van der Waals surface area contributed by atoms with E-state index in [0.717, 1.165) is 12.2 Å². The largest absolute Gasteiger partial charge is 0.462 e. The van der Waals surface area contributed by atoms with Crippen molar-refractivity contribution in [3.05, 3.63) is 53.6 Å². The molecule has 0 radical (unpaired) electrons. The molecule has 1 aliphatic rings. The second-order valence-electron chi connectivity index (χ2n) is 5.58. The number of rotatable bonds is 11. The van der Waals surface area contributed by atoms with Gasteiger partial charge in [-0.05, 0) is 25.0 Å². The highest BCUT2D eigenvalue weighted by atomic mass is 16.6. The van der Waals surface area contributed by atoms with Gasteiger partial charge in [-0.2, -0.15) is 0 Å². The molecule has 1 heterocycles. The van der Waals surface area contributed by atoms with E-state index in [1.807, 2.05) is 30.4 Å². The Bertz CT molecular complexity index is 631. The molecular weight excluding hydrogens is 336 g/mol. The minimum absolute atomic E-state index is 0.116. The highest BCUT2D eigenvalue weighted by Crippen LogP contribution is 2.11. The Kier molecular flexibility index (Phi) is 8.59. The molecule has 140 valence electrons. The number of carbonyl (C=O) groups excluding carboxylic acids is 2. The third kappa shape index (κ3) is 7.63. The highest BCUT2D eigenvalue weighted by molar-refractivity contribution is 6.17. The lowest BCUT2D eigenvalue weighted by molar-refractivity contribution is -0.146. The van der Waals surface area contributed by atoms with Crippen molar-refractivity contribution in [2.24, 2.45) is 0 Å². The molecule has 0 aliphatic carbocycles. The number of epoxide rings is 1. The Labute approximate surface area is 153 Å². The summed E-state index contributed by atoms with van der Waals surface area (Å²) in [6.45, 7) is 3.92. The fraction of sp³-hybridized carbons (Fsp3) is 0.400. The number of hydrogen-bond donors (Lipinski definition) is 0. The summed E-state index contributed by atoms with van der Waals surface area (Å²) >= 11 is 0. The third-order valence-electron chi connectivity index (χ3n) is 3.43. The minimum Gasteiger partial charge on any atom is -0.462 e. The summed E-state index contributed by atoms with van der Waals surface area (Å²) < 4.78 is 20.5. The van der Waals surface area contributed by atoms with Crippen molar-refractivity contribution < 1.29 is 28.5 Å². The van der Waals surface area contributed by atoms with Crippen LogP contribution in [0.15, 0.2) is 48.1 Å². The average Bonchev–Trinajstić information content (AvgIpc) is 3.47. The van der Waals surface area contributed by atoms with E-state index in [1.54, 1.807) is 19.1 Å². The summed E-state index contributed by atoms with van der Waals surface area (Å²) in [6, 6.07) is 9.08. The van der Waals surface area contributed by atoms with Crippen LogP contribution < -0.4 is 0 Å². The molecule has 2 rings (SSSR count). The zero-order chi connectivity index (χ0) is 18.6. The van der Waals surface area contributed by atoms with E-state index in [1.165, 1.54) is 6.08 Å². The number of benzene rings is 1. The molecule has 1 atom stereocenters. The second kappa shape index (κ2) is 11.2. The Morgan fingerprint density at radius 1 is 1.15 bits per heavy atom. The first kappa shape index (κ1) is 19.9. The fourth-order valence-corrected chi connectivity index (χ4v) is 2.04. The van der Waals surface area contributed by atoms with E-state index >= 15 is 0 Å². The molecule has 6 heteroatoms. The van der Waals surface area contributed by atoms with Gasteiger partial charge < -0.3 is 18.9 Å². The van der Waals surface area contributed by atoms with Crippen LogP contribution in [0.4, 0.5) is 0 Å². The molecule has 26 heavy (non-hydrogen) atoms. The SMILES string of the molecule is CCOC(=O)/C(=C/c1ccccc1)C(=O)OCC/C=C\COCC1CO1. The Hall–Kier alpha value is -2.44. The van der Waals surface area contributed by atoms with E-state index in [0.29, 0.717) is 19.6 Å². The van der Waals surface area contributed by atoms with Crippen molar-refractivity contribution in [2.75, 3.05) is 33.0 Å². The lowest BCUT2D eigenvalue weighted by Gasteiger charge is -2.07. The smallest absolute Gasteiger partial charge is 0.345 e. The van der Waals surface area contributed by atoms with Crippen molar-refractivity contribution in [3.8, 4) is 0 Å². The summed E-state index contributed by atoms with van der Waals surface area (Å²) in [5.74, 6) is -1.38. The van der Waals surface area contributed by atoms with Crippen LogP contribution in [0, 0.1) is 0 Å². The lowest BCUT2D eigenvalue weighted by atomic mass is 10.1. The Morgan fingerprint density at radius 2 is 1.88 bits per heavy atom. The van der Waals surface area contributed by atoms with E-state index in [2.05, 4.69) is 0 Å². The maximum Gasteiger partial charge on any atom is 0.345 e. The van der Waals surface area contributed by atoms with Crippen LogP contribution >= 0.6 is 0 Å². The molecule has 6 nitrogen and oxygen atoms in total. The van der Waals surface area contributed by atoms with Crippen LogP contribution in [0.2, 0.25) is 0 Å². The minimum atomic E-state index is -0.692. The van der Waals surface area contributed by atoms with Gasteiger partial charge in [-0.15, -0.1) is 0 Å². The molecule has 0 bridgehead atoms. The summed E-state index contributed by atoms with van der Waals surface area (Å²) in [5, 5.41) is 0. The van der Waals surface area contributed by atoms with Gasteiger partial charge in [-0.3, -0.25) is 0 Å². The number of carbonyl (C=O) groups is 2. The van der Waals surface area contributed by atoms with Gasteiger partial charge in [-0.1, -0.05) is 42.5 Å². The van der Waals surface area contributed by atoms with Crippen molar-refractivity contribution in [3.63, 3.8) is 0 Å². The van der Waals surface area contributed by atoms with Crippen LogP contribution in [0.3, 0.4) is 0 Å². The monoisotopic (exact) mass is 360 g/mol. The number of ether oxygens (including phenoxy) is 4. The summed E-state index contributed by atoms with van der Waals surface area (Å²) in [6.07, 6.45) is 6.00. The molecule has 1 unspecified atom stereocenters. The molecule has 1 fully saturated rings. The summed E-state index contributed by atoms with van der Waals surface area (Å²) in [7, 11) is 0. The van der Waals surface area contributed by atoms with Crippen molar-refractivity contribution in [1.29, 1.82) is 0 Å². The maximum atomic E-state index is 12.2. The van der Waals surface area contributed by atoms with Crippen LogP contribution in [0.1, 0.15) is 18.9 Å². The molecule has 0 spiro atoms. The number of hydrogen-bond acceptors (Lipinski definition) is 6. The Balaban J connectivity index is 1.78. The molecule has 0 N–H and O–H groups in total. The molecule has 0 saturated carbocycles. The standard InChI is InChI=1S/C20H24O6/c1-2-24-19(21)18(13-16-9-5-3-6-10-16)20(22)25-12-8-4-7-11-23-14-17-15-26-17/h3-7,9-10,13,17H,2,8,11-12,14-15H2,1H3/b7-4-,18-13-. The van der Waals surface area contributed by atoms with E-state index < -0.39 is 11.9 Å². The van der Waals surface area contributed by atoms with Gasteiger partial charge >= 0.3 is 11.9 Å². The second-order valence-corrected chi connectivity index (χ2v) is 5.58. The third-order valence-corrected chi connectivity index (χ3v) is 3.43. The first-order valence-corrected chi connectivity index (χ1v) is 8.66. The molecule has 1 saturated heterocycles. The topological polar surface area (TPSA) is 74.4 Å². The van der Waals surface area contributed by atoms with Gasteiger partial charge in [0.05, 0.1) is 33.0 Å². The molecular formula is C20H24O6.